The van der Waals surface area contributed by atoms with Crippen molar-refractivity contribution in [3.8, 4) is 0 Å². The maximum Gasteiger partial charge on any atom is 0.167 e. The van der Waals surface area contributed by atoms with E-state index in [9.17, 15) is 13.6 Å². The molecule has 0 amide bonds. The van der Waals surface area contributed by atoms with Crippen LogP contribution < -0.4 is 0 Å². The summed E-state index contributed by atoms with van der Waals surface area (Å²) in [6, 6.07) is 5.73. The second-order valence-corrected chi connectivity index (χ2v) is 3.89. The molecule has 76 valence electrons. The molecule has 0 unspecified atom stereocenters. The molecule has 0 aromatic heterocycles. The van der Waals surface area contributed by atoms with Crippen LogP contribution in [-0.2, 0) is 0 Å². The van der Waals surface area contributed by atoms with Crippen LogP contribution >= 0.6 is 15.9 Å². The maximum absolute atomic E-state index is 13.5. The fraction of sp³-hybridized carbons (Fsp3) is 0. The van der Waals surface area contributed by atoms with E-state index >= 15 is 0 Å². The van der Waals surface area contributed by atoms with E-state index in [0.717, 1.165) is 6.07 Å². The Hall–Kier alpha value is -1.29. The van der Waals surface area contributed by atoms with Crippen LogP contribution in [0.4, 0.5) is 8.78 Å². The minimum atomic E-state index is -0.990. The number of benzene rings is 2. The predicted octanol–water partition coefficient (Wildman–Crippen LogP) is 3.69. The fourth-order valence-corrected chi connectivity index (χ4v) is 1.89. The van der Waals surface area contributed by atoms with Crippen molar-refractivity contribution in [2.45, 2.75) is 0 Å². The lowest BCUT2D eigenvalue weighted by Crippen LogP contribution is -1.92. The molecule has 0 aliphatic carbocycles. The second-order valence-electron chi connectivity index (χ2n) is 3.04. The molecule has 1 nitrogen and oxygen atoms in total. The van der Waals surface area contributed by atoms with Gasteiger partial charge in [0.15, 0.2) is 17.9 Å². The van der Waals surface area contributed by atoms with Crippen molar-refractivity contribution in [3.05, 3.63) is 45.9 Å². The summed E-state index contributed by atoms with van der Waals surface area (Å²) in [6.07, 6.45) is 0.509. The van der Waals surface area contributed by atoms with Crippen molar-refractivity contribution >= 4 is 33.0 Å². The number of halogens is 3. The number of fused-ring (bicyclic) bond motifs is 1. The molecule has 2 aromatic carbocycles. The number of carbonyl (C=O) groups excluding carboxylic acids is 1. The topological polar surface area (TPSA) is 17.1 Å². The zero-order chi connectivity index (χ0) is 11.0. The summed E-state index contributed by atoms with van der Waals surface area (Å²) in [7, 11) is 0. The SMILES string of the molecule is O=Cc1c(Br)ccc2ccc(F)c(F)c12. The first-order valence-electron chi connectivity index (χ1n) is 4.16. The van der Waals surface area contributed by atoms with Crippen LogP contribution in [0.3, 0.4) is 0 Å². The van der Waals surface area contributed by atoms with Gasteiger partial charge in [-0.2, -0.15) is 0 Å². The van der Waals surface area contributed by atoms with Crippen molar-refractivity contribution < 1.29 is 13.6 Å². The Labute approximate surface area is 92.8 Å². The van der Waals surface area contributed by atoms with Crippen LogP contribution in [0.1, 0.15) is 10.4 Å². The van der Waals surface area contributed by atoms with E-state index in [-0.39, 0.29) is 10.9 Å². The van der Waals surface area contributed by atoms with E-state index in [0.29, 0.717) is 16.1 Å². The van der Waals surface area contributed by atoms with Crippen LogP contribution in [0.15, 0.2) is 28.7 Å². The number of aldehydes is 1. The Morgan fingerprint density at radius 3 is 2.47 bits per heavy atom. The highest BCUT2D eigenvalue weighted by Crippen LogP contribution is 2.28. The first kappa shape index (κ1) is 10.2. The molecule has 0 saturated carbocycles. The summed E-state index contributed by atoms with van der Waals surface area (Å²) >= 11 is 3.12. The Kier molecular flexibility index (Phi) is 2.52. The van der Waals surface area contributed by atoms with Crippen molar-refractivity contribution in [2.24, 2.45) is 0 Å². The minimum absolute atomic E-state index is 0.0133. The Bertz CT molecular complexity index is 547. The molecule has 15 heavy (non-hydrogen) atoms. The number of hydrogen-bond acceptors (Lipinski definition) is 1. The summed E-state index contributed by atoms with van der Waals surface area (Å²) in [5.74, 6) is -1.94. The normalized spacial score (nSPS) is 10.6. The van der Waals surface area contributed by atoms with Crippen molar-refractivity contribution in [3.63, 3.8) is 0 Å². The van der Waals surface area contributed by atoms with Gasteiger partial charge in [-0.1, -0.05) is 28.1 Å². The summed E-state index contributed by atoms with van der Waals surface area (Å²) in [5.41, 5.74) is 0.129. The average molecular weight is 271 g/mol. The minimum Gasteiger partial charge on any atom is -0.298 e. The second kappa shape index (κ2) is 3.70. The van der Waals surface area contributed by atoms with Gasteiger partial charge in [0.25, 0.3) is 0 Å². The predicted molar refractivity (Wildman–Crippen MR) is 57.0 cm³/mol. The molecule has 0 N–H and O–H groups in total. The third kappa shape index (κ3) is 1.55. The van der Waals surface area contributed by atoms with Gasteiger partial charge in [-0.15, -0.1) is 0 Å². The van der Waals surface area contributed by atoms with E-state index in [2.05, 4.69) is 15.9 Å². The molecule has 0 aliphatic heterocycles. The fourth-order valence-electron chi connectivity index (χ4n) is 1.47. The van der Waals surface area contributed by atoms with Gasteiger partial charge in [-0.3, -0.25) is 4.79 Å². The Morgan fingerprint density at radius 1 is 1.13 bits per heavy atom. The standard InChI is InChI=1S/C11H5BrF2O/c12-8-3-1-6-2-4-9(13)11(14)10(6)7(8)5-15/h1-5H. The first-order valence-corrected chi connectivity index (χ1v) is 4.96. The zero-order valence-corrected chi connectivity index (χ0v) is 9.01. The van der Waals surface area contributed by atoms with Crippen molar-refractivity contribution in [2.75, 3.05) is 0 Å². The van der Waals surface area contributed by atoms with E-state index in [1.807, 2.05) is 0 Å². The van der Waals surface area contributed by atoms with Gasteiger partial charge >= 0.3 is 0 Å². The first-order chi connectivity index (χ1) is 7.15. The lowest BCUT2D eigenvalue weighted by molar-refractivity contribution is 0.112. The van der Waals surface area contributed by atoms with E-state index in [1.54, 1.807) is 12.1 Å². The van der Waals surface area contributed by atoms with E-state index < -0.39 is 11.6 Å². The molecule has 4 heteroatoms. The highest BCUT2D eigenvalue weighted by molar-refractivity contribution is 9.10. The molecule has 0 heterocycles. The molecule has 2 rings (SSSR count). The maximum atomic E-state index is 13.5. The van der Waals surface area contributed by atoms with E-state index in [4.69, 9.17) is 0 Å². The molecular formula is C11H5BrF2O. The molecule has 0 radical (unpaired) electrons. The zero-order valence-electron chi connectivity index (χ0n) is 7.43. The van der Waals surface area contributed by atoms with Gasteiger partial charge in [-0.05, 0) is 17.5 Å². The van der Waals surface area contributed by atoms with Crippen molar-refractivity contribution in [1.82, 2.24) is 0 Å². The van der Waals surface area contributed by atoms with Crippen LogP contribution in [0.2, 0.25) is 0 Å². The summed E-state index contributed by atoms with van der Waals surface area (Å²) in [5, 5.41) is 0.513. The molecule has 2 aromatic rings. The summed E-state index contributed by atoms with van der Waals surface area (Å²) < 4.78 is 26.9. The van der Waals surface area contributed by atoms with Crippen LogP contribution in [0, 0.1) is 11.6 Å². The Balaban J connectivity index is 3.00. The van der Waals surface area contributed by atoms with Gasteiger partial charge in [0.1, 0.15) is 0 Å². The lowest BCUT2D eigenvalue weighted by Gasteiger charge is -2.05. The molecule has 0 bridgehead atoms. The molecular weight excluding hydrogens is 266 g/mol. The van der Waals surface area contributed by atoms with Gasteiger partial charge in [0.05, 0.1) is 0 Å². The number of rotatable bonds is 1. The molecule has 0 fully saturated rings. The highest BCUT2D eigenvalue weighted by atomic mass is 79.9. The highest BCUT2D eigenvalue weighted by Gasteiger charge is 2.12. The van der Waals surface area contributed by atoms with Crippen LogP contribution in [0.5, 0.6) is 0 Å². The molecule has 0 aliphatic rings. The van der Waals surface area contributed by atoms with Crippen LogP contribution in [-0.4, -0.2) is 6.29 Å². The van der Waals surface area contributed by atoms with Crippen LogP contribution in [0.25, 0.3) is 10.8 Å². The van der Waals surface area contributed by atoms with Gasteiger partial charge in [0.2, 0.25) is 0 Å². The average Bonchev–Trinajstić information content (AvgIpc) is 2.24. The Morgan fingerprint density at radius 2 is 1.80 bits per heavy atom. The number of hydrogen-bond donors (Lipinski definition) is 0. The van der Waals surface area contributed by atoms with Gasteiger partial charge < -0.3 is 0 Å². The van der Waals surface area contributed by atoms with E-state index in [1.165, 1.54) is 6.07 Å². The molecule has 0 atom stereocenters. The van der Waals surface area contributed by atoms with Crippen molar-refractivity contribution in [1.29, 1.82) is 0 Å². The quantitative estimate of drug-likeness (QED) is 0.723. The smallest absolute Gasteiger partial charge is 0.167 e. The third-order valence-electron chi connectivity index (χ3n) is 2.18. The van der Waals surface area contributed by atoms with Gasteiger partial charge in [0, 0.05) is 15.4 Å². The van der Waals surface area contributed by atoms with Gasteiger partial charge in [-0.25, -0.2) is 8.78 Å². The summed E-state index contributed by atoms with van der Waals surface area (Å²) in [6.45, 7) is 0. The largest absolute Gasteiger partial charge is 0.298 e. The summed E-state index contributed by atoms with van der Waals surface area (Å²) in [4.78, 5) is 10.8. The monoisotopic (exact) mass is 270 g/mol. The third-order valence-corrected chi connectivity index (χ3v) is 2.87. The number of carbonyl (C=O) groups is 1. The lowest BCUT2D eigenvalue weighted by atomic mass is 10.0. The molecule has 0 spiro atoms. The molecule has 0 saturated heterocycles.